The van der Waals surface area contributed by atoms with Crippen LogP contribution in [0.4, 0.5) is 5.69 Å². The third kappa shape index (κ3) is 3.23. The minimum Gasteiger partial charge on any atom is -0.493 e. The van der Waals surface area contributed by atoms with E-state index in [1.807, 2.05) is 31.2 Å². The molecule has 4 heteroatoms. The molecule has 2 aromatic rings. The number of nitrogens with one attached hydrogen (secondary N) is 1. The fraction of sp³-hybridized carbons (Fsp3) is 0.267. The number of aromatic nitrogens is 1. The Kier molecular flexibility index (Phi) is 4.36. The van der Waals surface area contributed by atoms with Crippen molar-refractivity contribution >= 4 is 5.69 Å². The molecular formula is C15H19N3O. The number of aryl methyl sites for hydroxylation is 1. The van der Waals surface area contributed by atoms with E-state index in [4.69, 9.17) is 10.5 Å². The third-order valence-corrected chi connectivity index (χ3v) is 3.03. The van der Waals surface area contributed by atoms with Crippen molar-refractivity contribution in [1.82, 2.24) is 4.98 Å². The molecule has 2 rings (SSSR count). The predicted molar refractivity (Wildman–Crippen MR) is 77.2 cm³/mol. The van der Waals surface area contributed by atoms with Crippen LogP contribution in [0.15, 0.2) is 36.5 Å². The molecule has 19 heavy (non-hydrogen) atoms. The van der Waals surface area contributed by atoms with Crippen LogP contribution in [-0.4, -0.2) is 12.1 Å². The molecular weight excluding hydrogens is 238 g/mol. The molecule has 0 aliphatic carbocycles. The summed E-state index contributed by atoms with van der Waals surface area (Å²) in [7, 11) is 1.64. The number of ether oxygens (including phenoxy) is 1. The SMILES string of the molecule is COc1cnc(C)cc1NCc1ccccc1CN. The van der Waals surface area contributed by atoms with Crippen LogP contribution < -0.4 is 15.8 Å². The van der Waals surface area contributed by atoms with Crippen molar-refractivity contribution in [2.75, 3.05) is 12.4 Å². The Labute approximate surface area is 113 Å². The lowest BCUT2D eigenvalue weighted by molar-refractivity contribution is 0.414. The quantitative estimate of drug-likeness (QED) is 0.864. The second-order valence-corrected chi connectivity index (χ2v) is 4.35. The minimum atomic E-state index is 0.546. The number of hydrogen-bond donors (Lipinski definition) is 2. The summed E-state index contributed by atoms with van der Waals surface area (Å²) in [5.41, 5.74) is 9.99. The van der Waals surface area contributed by atoms with Crippen LogP contribution in [0.25, 0.3) is 0 Å². The van der Waals surface area contributed by atoms with E-state index in [0.29, 0.717) is 13.1 Å². The number of rotatable bonds is 5. The molecule has 1 heterocycles. The Morgan fingerprint density at radius 1 is 1.26 bits per heavy atom. The first-order chi connectivity index (χ1) is 9.24. The second-order valence-electron chi connectivity index (χ2n) is 4.35. The zero-order chi connectivity index (χ0) is 13.7. The normalized spacial score (nSPS) is 10.3. The van der Waals surface area contributed by atoms with Gasteiger partial charge in [-0.05, 0) is 24.1 Å². The minimum absolute atomic E-state index is 0.546. The monoisotopic (exact) mass is 257 g/mol. The Morgan fingerprint density at radius 2 is 2.00 bits per heavy atom. The average Bonchev–Trinajstić information content (AvgIpc) is 2.45. The number of nitrogens with zero attached hydrogens (tertiary/aromatic N) is 1. The first-order valence-electron chi connectivity index (χ1n) is 6.26. The van der Waals surface area contributed by atoms with Crippen molar-refractivity contribution < 1.29 is 4.74 Å². The molecule has 0 radical (unpaired) electrons. The smallest absolute Gasteiger partial charge is 0.160 e. The Morgan fingerprint density at radius 3 is 2.68 bits per heavy atom. The van der Waals surface area contributed by atoms with Crippen LogP contribution in [0, 0.1) is 6.92 Å². The number of nitrogens with two attached hydrogens (primary N) is 1. The van der Waals surface area contributed by atoms with Crippen molar-refractivity contribution in [3.8, 4) is 5.75 Å². The highest BCUT2D eigenvalue weighted by molar-refractivity contribution is 5.56. The molecule has 0 saturated carbocycles. The van der Waals surface area contributed by atoms with Crippen LogP contribution in [-0.2, 0) is 13.1 Å². The molecule has 0 aliphatic rings. The lowest BCUT2D eigenvalue weighted by Crippen LogP contribution is -2.07. The standard InChI is InChI=1S/C15H19N3O/c1-11-7-14(15(19-2)10-17-11)18-9-13-6-4-3-5-12(13)8-16/h3-7,10H,8-9,16H2,1-2H3,(H,17,18). The van der Waals surface area contributed by atoms with Crippen LogP contribution in [0.3, 0.4) is 0 Å². The van der Waals surface area contributed by atoms with Gasteiger partial charge in [0.2, 0.25) is 0 Å². The summed E-state index contributed by atoms with van der Waals surface area (Å²) >= 11 is 0. The van der Waals surface area contributed by atoms with Gasteiger partial charge in [-0.1, -0.05) is 24.3 Å². The van der Waals surface area contributed by atoms with Crippen LogP contribution in [0.5, 0.6) is 5.75 Å². The van der Waals surface area contributed by atoms with Crippen molar-refractivity contribution in [3.63, 3.8) is 0 Å². The van der Waals surface area contributed by atoms with Gasteiger partial charge in [0.05, 0.1) is 19.0 Å². The molecule has 0 fully saturated rings. The topological polar surface area (TPSA) is 60.2 Å². The lowest BCUT2D eigenvalue weighted by Gasteiger charge is -2.13. The van der Waals surface area contributed by atoms with E-state index in [1.54, 1.807) is 13.3 Å². The van der Waals surface area contributed by atoms with Gasteiger partial charge in [0.1, 0.15) is 0 Å². The third-order valence-electron chi connectivity index (χ3n) is 3.03. The van der Waals surface area contributed by atoms with E-state index in [9.17, 15) is 0 Å². The molecule has 100 valence electrons. The summed E-state index contributed by atoms with van der Waals surface area (Å²) in [6.45, 7) is 3.22. The van der Waals surface area contributed by atoms with Crippen molar-refractivity contribution in [3.05, 3.63) is 53.3 Å². The number of methoxy groups -OCH3 is 1. The Hall–Kier alpha value is -2.07. The zero-order valence-corrected chi connectivity index (χ0v) is 11.3. The van der Waals surface area contributed by atoms with Crippen molar-refractivity contribution in [1.29, 1.82) is 0 Å². The largest absolute Gasteiger partial charge is 0.493 e. The molecule has 0 amide bonds. The van der Waals surface area contributed by atoms with Gasteiger partial charge in [-0.2, -0.15) is 0 Å². The van der Waals surface area contributed by atoms with E-state index in [1.165, 1.54) is 5.56 Å². The first kappa shape index (κ1) is 13.4. The molecule has 0 bridgehead atoms. The summed E-state index contributed by atoms with van der Waals surface area (Å²) < 4.78 is 5.30. The van der Waals surface area contributed by atoms with Gasteiger partial charge in [-0.3, -0.25) is 4.98 Å². The summed E-state index contributed by atoms with van der Waals surface area (Å²) in [6.07, 6.45) is 1.73. The number of anilines is 1. The fourth-order valence-corrected chi connectivity index (χ4v) is 1.97. The maximum atomic E-state index is 5.74. The zero-order valence-electron chi connectivity index (χ0n) is 11.3. The van der Waals surface area contributed by atoms with Gasteiger partial charge in [0.15, 0.2) is 5.75 Å². The van der Waals surface area contributed by atoms with Gasteiger partial charge in [0, 0.05) is 18.8 Å². The van der Waals surface area contributed by atoms with Gasteiger partial charge < -0.3 is 15.8 Å². The fourth-order valence-electron chi connectivity index (χ4n) is 1.97. The molecule has 0 saturated heterocycles. The maximum absolute atomic E-state index is 5.74. The highest BCUT2D eigenvalue weighted by Gasteiger charge is 2.05. The summed E-state index contributed by atoms with van der Waals surface area (Å²) in [5, 5.41) is 3.38. The molecule has 0 spiro atoms. The lowest BCUT2D eigenvalue weighted by atomic mass is 10.1. The highest BCUT2D eigenvalue weighted by Crippen LogP contribution is 2.24. The molecule has 1 aromatic heterocycles. The second kappa shape index (κ2) is 6.20. The molecule has 0 unspecified atom stereocenters. The van der Waals surface area contributed by atoms with Crippen LogP contribution in [0.2, 0.25) is 0 Å². The van der Waals surface area contributed by atoms with E-state index >= 15 is 0 Å². The van der Waals surface area contributed by atoms with Crippen molar-refractivity contribution in [2.45, 2.75) is 20.0 Å². The molecule has 0 aliphatic heterocycles. The first-order valence-corrected chi connectivity index (χ1v) is 6.26. The summed E-state index contributed by atoms with van der Waals surface area (Å²) in [4.78, 5) is 4.21. The van der Waals surface area contributed by atoms with E-state index < -0.39 is 0 Å². The van der Waals surface area contributed by atoms with Gasteiger partial charge in [-0.25, -0.2) is 0 Å². The van der Waals surface area contributed by atoms with Gasteiger partial charge >= 0.3 is 0 Å². The average molecular weight is 257 g/mol. The van der Waals surface area contributed by atoms with Crippen molar-refractivity contribution in [2.24, 2.45) is 5.73 Å². The predicted octanol–water partition coefficient (Wildman–Crippen LogP) is 2.47. The van der Waals surface area contributed by atoms with Gasteiger partial charge in [0.25, 0.3) is 0 Å². The highest BCUT2D eigenvalue weighted by atomic mass is 16.5. The van der Waals surface area contributed by atoms with E-state index in [2.05, 4.69) is 16.4 Å². The molecule has 4 nitrogen and oxygen atoms in total. The summed E-state index contributed by atoms with van der Waals surface area (Å²) in [6, 6.07) is 10.1. The van der Waals surface area contributed by atoms with Gasteiger partial charge in [-0.15, -0.1) is 0 Å². The van der Waals surface area contributed by atoms with E-state index in [-0.39, 0.29) is 0 Å². The maximum Gasteiger partial charge on any atom is 0.160 e. The number of benzene rings is 1. The van der Waals surface area contributed by atoms with Crippen LogP contribution >= 0.6 is 0 Å². The molecule has 1 aromatic carbocycles. The van der Waals surface area contributed by atoms with E-state index in [0.717, 1.165) is 22.7 Å². The Bertz CT molecular complexity index is 555. The number of pyridine rings is 1. The molecule has 0 atom stereocenters. The Balaban J connectivity index is 2.16. The van der Waals surface area contributed by atoms with Crippen LogP contribution in [0.1, 0.15) is 16.8 Å². The summed E-state index contributed by atoms with van der Waals surface area (Å²) in [5.74, 6) is 0.746. The molecule has 3 N–H and O–H groups in total. The number of hydrogen-bond acceptors (Lipinski definition) is 4.